The SMILES string of the molecule is O=C(C1CCN(c2nccn3nccc23)CC1)N1CC2CCCC2C1. The van der Waals surface area contributed by atoms with Gasteiger partial charge < -0.3 is 9.80 Å². The summed E-state index contributed by atoms with van der Waals surface area (Å²) < 4.78 is 1.86. The largest absolute Gasteiger partial charge is 0.355 e. The molecule has 5 rings (SSSR count). The number of aromatic nitrogens is 3. The Labute approximate surface area is 147 Å². The quantitative estimate of drug-likeness (QED) is 0.842. The van der Waals surface area contributed by atoms with Gasteiger partial charge in [0.25, 0.3) is 0 Å². The third kappa shape index (κ3) is 2.58. The van der Waals surface area contributed by atoms with Crippen LogP contribution in [-0.4, -0.2) is 51.6 Å². The fourth-order valence-electron chi connectivity index (χ4n) is 5.10. The maximum Gasteiger partial charge on any atom is 0.225 e. The first-order chi connectivity index (χ1) is 12.3. The Morgan fingerprint density at radius 1 is 1.04 bits per heavy atom. The van der Waals surface area contributed by atoms with Crippen molar-refractivity contribution in [2.45, 2.75) is 32.1 Å². The van der Waals surface area contributed by atoms with Crippen molar-refractivity contribution < 1.29 is 4.79 Å². The zero-order chi connectivity index (χ0) is 16.8. The highest BCUT2D eigenvalue weighted by molar-refractivity contribution is 5.80. The van der Waals surface area contributed by atoms with E-state index in [0.29, 0.717) is 5.91 Å². The van der Waals surface area contributed by atoms with E-state index in [9.17, 15) is 4.79 Å². The van der Waals surface area contributed by atoms with Crippen LogP contribution in [0.1, 0.15) is 32.1 Å². The summed E-state index contributed by atoms with van der Waals surface area (Å²) in [4.78, 5) is 22.0. The van der Waals surface area contributed by atoms with Crippen molar-refractivity contribution in [1.82, 2.24) is 19.5 Å². The Morgan fingerprint density at radius 2 is 1.80 bits per heavy atom. The summed E-state index contributed by atoms with van der Waals surface area (Å²) in [5.41, 5.74) is 1.04. The topological polar surface area (TPSA) is 53.7 Å². The van der Waals surface area contributed by atoms with E-state index in [4.69, 9.17) is 0 Å². The molecule has 0 spiro atoms. The lowest BCUT2D eigenvalue weighted by molar-refractivity contribution is -0.135. The van der Waals surface area contributed by atoms with E-state index in [-0.39, 0.29) is 5.92 Å². The van der Waals surface area contributed by atoms with Gasteiger partial charge in [0.15, 0.2) is 5.82 Å². The molecule has 0 radical (unpaired) electrons. The Kier molecular flexibility index (Phi) is 3.64. The molecule has 25 heavy (non-hydrogen) atoms. The number of fused-ring (bicyclic) bond motifs is 2. The van der Waals surface area contributed by atoms with Crippen LogP contribution in [0.15, 0.2) is 24.7 Å². The molecule has 2 saturated heterocycles. The van der Waals surface area contributed by atoms with Gasteiger partial charge >= 0.3 is 0 Å². The molecule has 0 aromatic carbocycles. The van der Waals surface area contributed by atoms with Crippen molar-refractivity contribution in [3.63, 3.8) is 0 Å². The lowest BCUT2D eigenvalue weighted by atomic mass is 9.95. The molecular weight excluding hydrogens is 314 g/mol. The van der Waals surface area contributed by atoms with Gasteiger partial charge in [-0.2, -0.15) is 5.10 Å². The van der Waals surface area contributed by atoms with Gasteiger partial charge in [0.2, 0.25) is 5.91 Å². The maximum absolute atomic E-state index is 12.9. The molecule has 132 valence electrons. The van der Waals surface area contributed by atoms with Gasteiger partial charge in [-0.25, -0.2) is 9.50 Å². The third-order valence-corrected chi connectivity index (χ3v) is 6.49. The van der Waals surface area contributed by atoms with E-state index in [1.807, 2.05) is 16.8 Å². The molecule has 4 heterocycles. The zero-order valence-corrected chi connectivity index (χ0v) is 14.5. The number of hydrogen-bond donors (Lipinski definition) is 0. The summed E-state index contributed by atoms with van der Waals surface area (Å²) in [6, 6.07) is 2.00. The maximum atomic E-state index is 12.9. The highest BCUT2D eigenvalue weighted by Crippen LogP contribution is 2.38. The number of rotatable bonds is 2. The Hall–Kier alpha value is -2.11. The molecule has 2 aromatic heterocycles. The number of carbonyl (C=O) groups is 1. The van der Waals surface area contributed by atoms with E-state index in [1.54, 1.807) is 12.4 Å². The third-order valence-electron chi connectivity index (χ3n) is 6.49. The first kappa shape index (κ1) is 15.2. The summed E-state index contributed by atoms with van der Waals surface area (Å²) in [5, 5.41) is 4.29. The summed E-state index contributed by atoms with van der Waals surface area (Å²) in [6.07, 6.45) is 11.4. The molecule has 6 nitrogen and oxygen atoms in total. The van der Waals surface area contributed by atoms with E-state index >= 15 is 0 Å². The van der Waals surface area contributed by atoms with Crippen LogP contribution in [0.4, 0.5) is 5.82 Å². The number of hydrogen-bond acceptors (Lipinski definition) is 4. The zero-order valence-electron chi connectivity index (χ0n) is 14.5. The molecule has 1 saturated carbocycles. The molecule has 2 aliphatic heterocycles. The van der Waals surface area contributed by atoms with Crippen molar-refractivity contribution in [2.24, 2.45) is 17.8 Å². The average molecular weight is 339 g/mol. The molecule has 1 amide bonds. The smallest absolute Gasteiger partial charge is 0.225 e. The molecular formula is C19H25N5O. The van der Waals surface area contributed by atoms with Crippen molar-refractivity contribution in [1.29, 1.82) is 0 Å². The highest BCUT2D eigenvalue weighted by Gasteiger charge is 2.40. The first-order valence-electron chi connectivity index (χ1n) is 9.61. The number of likely N-dealkylation sites (tertiary alicyclic amines) is 1. The van der Waals surface area contributed by atoms with Gasteiger partial charge in [-0.15, -0.1) is 0 Å². The average Bonchev–Trinajstić information content (AvgIpc) is 3.36. The number of piperidine rings is 1. The normalized spacial score (nSPS) is 27.2. The van der Waals surface area contributed by atoms with Crippen molar-refractivity contribution in [3.8, 4) is 0 Å². The standard InChI is InChI=1S/C19H25N5O/c25-19(23-12-15-2-1-3-16(15)13-23)14-5-9-22(10-6-14)18-17-4-7-21-24(17)11-8-20-18/h4,7-8,11,14-16H,1-3,5-6,9-10,12-13H2. The van der Waals surface area contributed by atoms with Crippen molar-refractivity contribution in [3.05, 3.63) is 24.7 Å². The van der Waals surface area contributed by atoms with Crippen LogP contribution in [0, 0.1) is 17.8 Å². The monoisotopic (exact) mass is 339 g/mol. The molecule has 2 atom stereocenters. The number of anilines is 1. The van der Waals surface area contributed by atoms with Crippen LogP contribution in [0.3, 0.4) is 0 Å². The Morgan fingerprint density at radius 3 is 2.56 bits per heavy atom. The van der Waals surface area contributed by atoms with Crippen LogP contribution >= 0.6 is 0 Å². The molecule has 3 aliphatic rings. The van der Waals surface area contributed by atoms with Gasteiger partial charge in [0.1, 0.15) is 5.52 Å². The summed E-state index contributed by atoms with van der Waals surface area (Å²) in [7, 11) is 0. The molecule has 3 fully saturated rings. The van der Waals surface area contributed by atoms with Gasteiger partial charge in [-0.05, 0) is 43.6 Å². The molecule has 1 aliphatic carbocycles. The number of nitrogens with zero attached hydrogens (tertiary/aromatic N) is 5. The minimum absolute atomic E-state index is 0.194. The number of amides is 1. The van der Waals surface area contributed by atoms with E-state index in [0.717, 1.165) is 62.2 Å². The lowest BCUT2D eigenvalue weighted by Gasteiger charge is -2.34. The van der Waals surface area contributed by atoms with Crippen LogP contribution in [0.25, 0.3) is 5.52 Å². The second-order valence-electron chi connectivity index (χ2n) is 7.87. The minimum Gasteiger partial charge on any atom is -0.355 e. The second kappa shape index (κ2) is 6.00. The summed E-state index contributed by atoms with van der Waals surface area (Å²) in [5.74, 6) is 3.16. The second-order valence-corrected chi connectivity index (χ2v) is 7.87. The van der Waals surface area contributed by atoms with Crippen LogP contribution in [0.5, 0.6) is 0 Å². The molecule has 0 bridgehead atoms. The molecule has 2 aromatic rings. The first-order valence-corrected chi connectivity index (χ1v) is 9.61. The Balaban J connectivity index is 1.24. The highest BCUT2D eigenvalue weighted by atomic mass is 16.2. The van der Waals surface area contributed by atoms with E-state index < -0.39 is 0 Å². The van der Waals surface area contributed by atoms with Crippen molar-refractivity contribution in [2.75, 3.05) is 31.1 Å². The molecule has 6 heteroatoms. The predicted molar refractivity (Wildman–Crippen MR) is 95.3 cm³/mol. The molecule has 2 unspecified atom stereocenters. The predicted octanol–water partition coefficient (Wildman–Crippen LogP) is 2.20. The van der Waals surface area contributed by atoms with Gasteiger partial charge in [-0.3, -0.25) is 4.79 Å². The molecule has 0 N–H and O–H groups in total. The fourth-order valence-corrected chi connectivity index (χ4v) is 5.10. The Bertz CT molecular complexity index is 767. The fraction of sp³-hybridized carbons (Fsp3) is 0.632. The van der Waals surface area contributed by atoms with Crippen LogP contribution < -0.4 is 4.90 Å². The number of carbonyl (C=O) groups excluding carboxylic acids is 1. The summed E-state index contributed by atoms with van der Waals surface area (Å²) >= 11 is 0. The summed E-state index contributed by atoms with van der Waals surface area (Å²) in [6.45, 7) is 3.82. The van der Waals surface area contributed by atoms with Gasteiger partial charge in [0.05, 0.1) is 6.20 Å². The van der Waals surface area contributed by atoms with Crippen LogP contribution in [-0.2, 0) is 4.79 Å². The van der Waals surface area contributed by atoms with Crippen molar-refractivity contribution >= 4 is 17.2 Å². The minimum atomic E-state index is 0.194. The van der Waals surface area contributed by atoms with E-state index in [2.05, 4.69) is 19.9 Å². The lowest BCUT2D eigenvalue weighted by Crippen LogP contribution is -2.42. The van der Waals surface area contributed by atoms with E-state index in [1.165, 1.54) is 19.3 Å². The van der Waals surface area contributed by atoms with Gasteiger partial charge in [-0.1, -0.05) is 6.42 Å². The van der Waals surface area contributed by atoms with Crippen LogP contribution in [0.2, 0.25) is 0 Å². The van der Waals surface area contributed by atoms with Gasteiger partial charge in [0, 0.05) is 44.5 Å².